The predicted molar refractivity (Wildman–Crippen MR) is 118 cm³/mol. The molecule has 3 rings (SSSR count). The third-order valence-electron chi connectivity index (χ3n) is 5.61. The summed E-state index contributed by atoms with van der Waals surface area (Å²) < 4.78 is 38.3. The Balaban J connectivity index is 1.72. The number of nitrogens with one attached hydrogen (secondary N) is 2. The SMILES string of the molecule is C=CCO[C@@H]1C[C@@H](NC[C@H](O)[C@H](Cc2cc(F)cc(F)c2)NC(=O)O)c2cc(OC)ccc21. The van der Waals surface area contributed by atoms with E-state index >= 15 is 0 Å². The van der Waals surface area contributed by atoms with Crippen LogP contribution in [0.3, 0.4) is 0 Å². The second-order valence-electron chi connectivity index (χ2n) is 7.91. The van der Waals surface area contributed by atoms with Gasteiger partial charge >= 0.3 is 6.09 Å². The van der Waals surface area contributed by atoms with Crippen LogP contribution in [0.2, 0.25) is 0 Å². The first kappa shape index (κ1) is 24.6. The number of carbonyl (C=O) groups is 1. The fraction of sp³-hybridized carbons (Fsp3) is 0.375. The molecule has 0 unspecified atom stereocenters. The summed E-state index contributed by atoms with van der Waals surface area (Å²) in [5.74, 6) is -0.855. The summed E-state index contributed by atoms with van der Waals surface area (Å²) in [6, 6.07) is 7.50. The minimum atomic E-state index is -1.34. The van der Waals surface area contributed by atoms with Crippen molar-refractivity contribution >= 4 is 6.09 Å². The van der Waals surface area contributed by atoms with Gasteiger partial charge in [0.1, 0.15) is 17.4 Å². The van der Waals surface area contributed by atoms with E-state index in [1.807, 2.05) is 18.2 Å². The van der Waals surface area contributed by atoms with E-state index in [0.29, 0.717) is 18.8 Å². The van der Waals surface area contributed by atoms with E-state index in [1.165, 1.54) is 0 Å². The van der Waals surface area contributed by atoms with Crippen LogP contribution in [0.1, 0.15) is 35.3 Å². The minimum absolute atomic E-state index is 0.0399. The summed E-state index contributed by atoms with van der Waals surface area (Å²) >= 11 is 0. The van der Waals surface area contributed by atoms with Gasteiger partial charge in [0.05, 0.1) is 32.0 Å². The Hall–Kier alpha value is -3.01. The van der Waals surface area contributed by atoms with Crippen molar-refractivity contribution in [3.63, 3.8) is 0 Å². The van der Waals surface area contributed by atoms with Gasteiger partial charge in [-0.1, -0.05) is 12.1 Å². The second kappa shape index (κ2) is 11.2. The van der Waals surface area contributed by atoms with Crippen molar-refractivity contribution in [2.45, 2.75) is 37.1 Å². The number of fused-ring (bicyclic) bond motifs is 1. The number of aliphatic hydroxyl groups is 1. The first-order chi connectivity index (χ1) is 15.8. The van der Waals surface area contributed by atoms with E-state index in [4.69, 9.17) is 9.47 Å². The Kier molecular flexibility index (Phi) is 8.37. The summed E-state index contributed by atoms with van der Waals surface area (Å²) in [6.45, 7) is 4.11. The molecule has 1 aliphatic carbocycles. The molecule has 178 valence electrons. The highest BCUT2D eigenvalue weighted by Gasteiger charge is 2.33. The molecule has 0 bridgehead atoms. The molecule has 0 aliphatic heterocycles. The van der Waals surface area contributed by atoms with Crippen LogP contribution in [0.5, 0.6) is 5.75 Å². The summed E-state index contributed by atoms with van der Waals surface area (Å²) in [5.41, 5.74) is 2.20. The molecular formula is C24H28F2N2O5. The summed E-state index contributed by atoms with van der Waals surface area (Å²) in [5, 5.41) is 25.4. The first-order valence-corrected chi connectivity index (χ1v) is 10.6. The van der Waals surface area contributed by atoms with Crippen LogP contribution in [-0.2, 0) is 11.2 Å². The van der Waals surface area contributed by atoms with Gasteiger partial charge in [0.2, 0.25) is 0 Å². The van der Waals surface area contributed by atoms with Gasteiger partial charge in [-0.2, -0.15) is 0 Å². The number of amides is 1. The molecule has 0 spiro atoms. The Morgan fingerprint density at radius 3 is 2.61 bits per heavy atom. The fourth-order valence-electron chi connectivity index (χ4n) is 4.11. The standard InChI is InChI=1S/C24H28F2N2O5/c1-3-6-33-23-12-20(19-11-17(32-2)4-5-18(19)23)27-13-22(29)21(28-24(30)31)9-14-7-15(25)10-16(26)8-14/h3-5,7-8,10-11,20-23,27-29H,1,6,9,12-13H2,2H3,(H,30,31)/t20-,21+,22+,23-/m1/s1. The molecule has 1 amide bonds. The van der Waals surface area contributed by atoms with Gasteiger partial charge in [-0.15, -0.1) is 6.58 Å². The molecule has 0 aromatic heterocycles. The Bertz CT molecular complexity index is 967. The van der Waals surface area contributed by atoms with Crippen LogP contribution >= 0.6 is 0 Å². The Morgan fingerprint density at radius 2 is 1.97 bits per heavy atom. The van der Waals surface area contributed by atoms with Crippen molar-refractivity contribution in [1.82, 2.24) is 10.6 Å². The van der Waals surface area contributed by atoms with Gasteiger partial charge in [0, 0.05) is 18.7 Å². The Morgan fingerprint density at radius 1 is 1.24 bits per heavy atom. The van der Waals surface area contributed by atoms with Crippen LogP contribution in [0.25, 0.3) is 0 Å². The first-order valence-electron chi connectivity index (χ1n) is 10.6. The number of ether oxygens (including phenoxy) is 2. The number of rotatable bonds is 11. The zero-order valence-electron chi connectivity index (χ0n) is 18.3. The van der Waals surface area contributed by atoms with Crippen molar-refractivity contribution in [2.24, 2.45) is 0 Å². The molecule has 7 nitrogen and oxygen atoms in total. The highest BCUT2D eigenvalue weighted by molar-refractivity contribution is 5.65. The molecule has 33 heavy (non-hydrogen) atoms. The monoisotopic (exact) mass is 462 g/mol. The molecule has 2 aromatic carbocycles. The van der Waals surface area contributed by atoms with Crippen molar-refractivity contribution < 1.29 is 33.3 Å². The number of benzene rings is 2. The molecule has 9 heteroatoms. The van der Waals surface area contributed by atoms with E-state index in [-0.39, 0.29) is 30.7 Å². The molecule has 0 heterocycles. The van der Waals surface area contributed by atoms with Crippen molar-refractivity contribution in [2.75, 3.05) is 20.3 Å². The van der Waals surface area contributed by atoms with Gasteiger partial charge in [-0.25, -0.2) is 13.6 Å². The zero-order valence-corrected chi connectivity index (χ0v) is 18.3. The highest BCUT2D eigenvalue weighted by atomic mass is 19.1. The lowest BCUT2D eigenvalue weighted by Crippen LogP contribution is -2.48. The average Bonchev–Trinajstić information content (AvgIpc) is 3.11. The average molecular weight is 462 g/mol. The van der Waals surface area contributed by atoms with Gasteiger partial charge < -0.3 is 30.3 Å². The number of hydrogen-bond donors (Lipinski definition) is 4. The molecule has 0 radical (unpaired) electrons. The minimum Gasteiger partial charge on any atom is -0.497 e. The van der Waals surface area contributed by atoms with E-state index in [2.05, 4.69) is 17.2 Å². The lowest BCUT2D eigenvalue weighted by molar-refractivity contribution is 0.0672. The summed E-state index contributed by atoms with van der Waals surface area (Å²) in [4.78, 5) is 11.2. The van der Waals surface area contributed by atoms with E-state index in [0.717, 1.165) is 29.3 Å². The summed E-state index contributed by atoms with van der Waals surface area (Å²) in [7, 11) is 1.58. The van der Waals surface area contributed by atoms with Crippen molar-refractivity contribution in [3.8, 4) is 5.75 Å². The molecule has 1 aliphatic rings. The molecule has 0 fully saturated rings. The largest absolute Gasteiger partial charge is 0.497 e. The Labute approximate surface area is 191 Å². The maximum Gasteiger partial charge on any atom is 0.404 e. The molecule has 0 saturated heterocycles. The maximum atomic E-state index is 13.5. The smallest absolute Gasteiger partial charge is 0.404 e. The molecule has 4 N–H and O–H groups in total. The molecular weight excluding hydrogens is 434 g/mol. The van der Waals surface area contributed by atoms with Gasteiger partial charge in [-0.3, -0.25) is 0 Å². The predicted octanol–water partition coefficient (Wildman–Crippen LogP) is 3.49. The normalized spacial score (nSPS) is 18.9. The van der Waals surface area contributed by atoms with E-state index in [9.17, 15) is 23.8 Å². The van der Waals surface area contributed by atoms with E-state index in [1.54, 1.807) is 13.2 Å². The third-order valence-corrected chi connectivity index (χ3v) is 5.61. The van der Waals surface area contributed by atoms with Gasteiger partial charge in [0.15, 0.2) is 0 Å². The third kappa shape index (κ3) is 6.50. The number of aliphatic hydroxyl groups excluding tert-OH is 1. The number of hydrogen-bond acceptors (Lipinski definition) is 5. The second-order valence-corrected chi connectivity index (χ2v) is 7.91. The van der Waals surface area contributed by atoms with Crippen molar-refractivity contribution in [3.05, 3.63) is 77.4 Å². The highest BCUT2D eigenvalue weighted by Crippen LogP contribution is 2.42. The van der Waals surface area contributed by atoms with E-state index < -0.39 is 29.9 Å². The summed E-state index contributed by atoms with van der Waals surface area (Å²) in [6.07, 6.45) is -0.467. The fourth-order valence-corrected chi connectivity index (χ4v) is 4.11. The number of methoxy groups -OCH3 is 1. The molecule has 4 atom stereocenters. The lowest BCUT2D eigenvalue weighted by Gasteiger charge is -2.25. The van der Waals surface area contributed by atoms with Gasteiger partial charge in [-0.05, 0) is 53.8 Å². The maximum absolute atomic E-state index is 13.5. The van der Waals surface area contributed by atoms with Crippen LogP contribution < -0.4 is 15.4 Å². The molecule has 2 aromatic rings. The number of halogens is 2. The zero-order chi connectivity index (χ0) is 24.0. The lowest BCUT2D eigenvalue weighted by atomic mass is 10.00. The topological polar surface area (TPSA) is 100 Å². The van der Waals surface area contributed by atoms with Crippen LogP contribution in [0.4, 0.5) is 13.6 Å². The van der Waals surface area contributed by atoms with Gasteiger partial charge in [0.25, 0.3) is 0 Å². The molecule has 0 saturated carbocycles. The van der Waals surface area contributed by atoms with Crippen LogP contribution in [0.15, 0.2) is 49.1 Å². The van der Waals surface area contributed by atoms with Crippen LogP contribution in [0, 0.1) is 11.6 Å². The van der Waals surface area contributed by atoms with Crippen LogP contribution in [-0.4, -0.2) is 48.7 Å². The quantitative estimate of drug-likeness (QED) is 0.382. The number of carboxylic acid groups (broad SMARTS) is 1. The van der Waals surface area contributed by atoms with Crippen molar-refractivity contribution in [1.29, 1.82) is 0 Å².